The lowest BCUT2D eigenvalue weighted by molar-refractivity contribution is 0.295. The first-order valence-electron chi connectivity index (χ1n) is 4.88. The van der Waals surface area contributed by atoms with Gasteiger partial charge in [-0.3, -0.25) is 4.90 Å². The zero-order valence-electron chi connectivity index (χ0n) is 8.70. The molecule has 0 spiro atoms. The van der Waals surface area contributed by atoms with Crippen molar-refractivity contribution in [3.8, 4) is 6.07 Å². The van der Waals surface area contributed by atoms with Crippen LogP contribution in [0.1, 0.15) is 25.1 Å². The predicted molar refractivity (Wildman–Crippen MR) is 55.6 cm³/mol. The molecule has 3 nitrogen and oxygen atoms in total. The summed E-state index contributed by atoms with van der Waals surface area (Å²) in [5.74, 6) is 0. The van der Waals surface area contributed by atoms with Crippen molar-refractivity contribution in [1.82, 2.24) is 9.88 Å². The van der Waals surface area contributed by atoms with Crippen molar-refractivity contribution in [3.05, 3.63) is 29.6 Å². The van der Waals surface area contributed by atoms with Gasteiger partial charge in [0, 0.05) is 18.3 Å². The lowest BCUT2D eigenvalue weighted by atomic mass is 10.2. The van der Waals surface area contributed by atoms with Gasteiger partial charge in [-0.25, -0.2) is 4.98 Å². The number of nitrogens with zero attached hydrogens (tertiary/aromatic N) is 3. The van der Waals surface area contributed by atoms with Gasteiger partial charge in [0.2, 0.25) is 0 Å². The average Bonchev–Trinajstić information content (AvgIpc) is 2.26. The maximum Gasteiger partial charge on any atom is 0.144 e. The highest BCUT2D eigenvalue weighted by Crippen LogP contribution is 2.07. The van der Waals surface area contributed by atoms with Crippen LogP contribution in [-0.4, -0.2) is 23.0 Å². The van der Waals surface area contributed by atoms with Crippen molar-refractivity contribution < 1.29 is 0 Å². The van der Waals surface area contributed by atoms with E-state index < -0.39 is 0 Å². The second kappa shape index (κ2) is 5.36. The minimum Gasteiger partial charge on any atom is -0.300 e. The lowest BCUT2D eigenvalue weighted by Gasteiger charge is -2.17. The predicted octanol–water partition coefficient (Wildman–Crippen LogP) is 1.80. The Morgan fingerprint density at radius 1 is 1.43 bits per heavy atom. The Morgan fingerprint density at radius 3 is 2.71 bits per heavy atom. The summed E-state index contributed by atoms with van der Waals surface area (Å²) in [4.78, 5) is 6.29. The minimum absolute atomic E-state index is 0.541. The Bertz CT molecular complexity index is 324. The molecule has 0 N–H and O–H groups in total. The lowest BCUT2D eigenvalue weighted by Crippen LogP contribution is -2.22. The van der Waals surface area contributed by atoms with E-state index in [1.54, 1.807) is 6.20 Å². The first kappa shape index (κ1) is 10.7. The number of hydrogen-bond acceptors (Lipinski definition) is 3. The van der Waals surface area contributed by atoms with Crippen molar-refractivity contribution in [1.29, 1.82) is 5.26 Å². The zero-order chi connectivity index (χ0) is 10.4. The summed E-state index contributed by atoms with van der Waals surface area (Å²) in [6.45, 7) is 7.04. The molecule has 0 unspecified atom stereocenters. The van der Waals surface area contributed by atoms with Gasteiger partial charge in [-0.15, -0.1) is 0 Å². The van der Waals surface area contributed by atoms with Crippen LogP contribution in [0.15, 0.2) is 18.3 Å². The van der Waals surface area contributed by atoms with Crippen LogP contribution >= 0.6 is 0 Å². The summed E-state index contributed by atoms with van der Waals surface area (Å²) < 4.78 is 0. The summed E-state index contributed by atoms with van der Waals surface area (Å²) in [6, 6.07) is 5.95. The van der Waals surface area contributed by atoms with E-state index in [4.69, 9.17) is 5.26 Å². The average molecular weight is 189 g/mol. The van der Waals surface area contributed by atoms with Gasteiger partial charge in [-0.05, 0) is 19.2 Å². The molecule has 3 heteroatoms. The third-order valence-corrected chi connectivity index (χ3v) is 2.29. The van der Waals surface area contributed by atoms with Gasteiger partial charge in [0.05, 0.1) is 0 Å². The number of rotatable bonds is 4. The largest absolute Gasteiger partial charge is 0.300 e. The summed E-state index contributed by atoms with van der Waals surface area (Å²) in [5.41, 5.74) is 1.55. The Balaban J connectivity index is 2.80. The molecule has 0 saturated carbocycles. The molecule has 1 rings (SSSR count). The first-order valence-corrected chi connectivity index (χ1v) is 4.88. The molecule has 0 aliphatic heterocycles. The molecule has 0 amide bonds. The van der Waals surface area contributed by atoms with Crippen molar-refractivity contribution >= 4 is 0 Å². The molecule has 0 aliphatic carbocycles. The van der Waals surface area contributed by atoms with E-state index in [-0.39, 0.29) is 0 Å². The summed E-state index contributed by atoms with van der Waals surface area (Å²) >= 11 is 0. The smallest absolute Gasteiger partial charge is 0.144 e. The SMILES string of the molecule is CCN(CC)Cc1cccnc1C#N. The van der Waals surface area contributed by atoms with Crippen LogP contribution in [0, 0.1) is 11.3 Å². The topological polar surface area (TPSA) is 39.9 Å². The molecule has 1 heterocycles. The number of hydrogen-bond donors (Lipinski definition) is 0. The highest BCUT2D eigenvalue weighted by molar-refractivity contribution is 5.30. The van der Waals surface area contributed by atoms with Crippen LogP contribution < -0.4 is 0 Å². The second-order valence-corrected chi connectivity index (χ2v) is 3.08. The van der Waals surface area contributed by atoms with Crippen LogP contribution in [0.5, 0.6) is 0 Å². The van der Waals surface area contributed by atoms with Gasteiger partial charge < -0.3 is 0 Å². The van der Waals surface area contributed by atoms with Crippen LogP contribution in [0.25, 0.3) is 0 Å². The fourth-order valence-electron chi connectivity index (χ4n) is 1.35. The fourth-order valence-corrected chi connectivity index (χ4v) is 1.35. The Labute approximate surface area is 85.0 Å². The Hall–Kier alpha value is -1.40. The van der Waals surface area contributed by atoms with E-state index >= 15 is 0 Å². The second-order valence-electron chi connectivity index (χ2n) is 3.08. The molecule has 0 aliphatic rings. The fraction of sp³-hybridized carbons (Fsp3) is 0.455. The van der Waals surface area contributed by atoms with E-state index in [0.29, 0.717) is 5.69 Å². The number of aromatic nitrogens is 1. The van der Waals surface area contributed by atoms with E-state index in [1.807, 2.05) is 12.1 Å². The van der Waals surface area contributed by atoms with Crippen molar-refractivity contribution in [2.75, 3.05) is 13.1 Å². The third-order valence-electron chi connectivity index (χ3n) is 2.29. The van der Waals surface area contributed by atoms with Gasteiger partial charge in [-0.2, -0.15) is 5.26 Å². The Kier molecular flexibility index (Phi) is 4.09. The highest BCUT2D eigenvalue weighted by Gasteiger charge is 2.05. The van der Waals surface area contributed by atoms with Crippen molar-refractivity contribution in [3.63, 3.8) is 0 Å². The molecule has 0 atom stereocenters. The van der Waals surface area contributed by atoms with E-state index in [9.17, 15) is 0 Å². The summed E-state index contributed by atoms with van der Waals surface area (Å²) in [7, 11) is 0. The molecular formula is C11H15N3. The van der Waals surface area contributed by atoms with Gasteiger partial charge in [0.15, 0.2) is 0 Å². The normalized spacial score (nSPS) is 10.1. The maximum atomic E-state index is 8.85. The number of nitriles is 1. The van der Waals surface area contributed by atoms with Crippen LogP contribution in [0.4, 0.5) is 0 Å². The molecule has 1 aromatic rings. The van der Waals surface area contributed by atoms with Gasteiger partial charge in [-0.1, -0.05) is 19.9 Å². The molecule has 0 radical (unpaired) electrons. The molecule has 0 fully saturated rings. The Morgan fingerprint density at radius 2 is 2.14 bits per heavy atom. The van der Waals surface area contributed by atoms with Gasteiger partial charge >= 0.3 is 0 Å². The molecular weight excluding hydrogens is 174 g/mol. The molecule has 0 bridgehead atoms. The maximum absolute atomic E-state index is 8.85. The van der Waals surface area contributed by atoms with E-state index in [0.717, 1.165) is 25.2 Å². The molecule has 74 valence electrons. The third kappa shape index (κ3) is 2.54. The molecule has 0 aromatic carbocycles. The zero-order valence-corrected chi connectivity index (χ0v) is 8.70. The van der Waals surface area contributed by atoms with Crippen molar-refractivity contribution in [2.45, 2.75) is 20.4 Å². The number of pyridine rings is 1. The summed E-state index contributed by atoms with van der Waals surface area (Å²) in [6.07, 6.45) is 1.66. The first-order chi connectivity index (χ1) is 6.81. The van der Waals surface area contributed by atoms with Crippen LogP contribution in [0.2, 0.25) is 0 Å². The van der Waals surface area contributed by atoms with Gasteiger partial charge in [0.1, 0.15) is 11.8 Å². The molecule has 14 heavy (non-hydrogen) atoms. The monoisotopic (exact) mass is 189 g/mol. The standard InChI is InChI=1S/C11H15N3/c1-3-14(4-2)9-10-6-5-7-13-11(10)8-12/h5-7H,3-4,9H2,1-2H3. The quantitative estimate of drug-likeness (QED) is 0.725. The summed E-state index contributed by atoms with van der Waals surface area (Å²) in [5, 5.41) is 8.85. The van der Waals surface area contributed by atoms with E-state index in [2.05, 4.69) is 29.8 Å². The minimum atomic E-state index is 0.541. The highest BCUT2D eigenvalue weighted by atomic mass is 15.1. The molecule has 1 aromatic heterocycles. The van der Waals surface area contributed by atoms with Crippen molar-refractivity contribution in [2.24, 2.45) is 0 Å². The van der Waals surface area contributed by atoms with Crippen LogP contribution in [-0.2, 0) is 6.54 Å². The molecule has 0 saturated heterocycles. The van der Waals surface area contributed by atoms with Gasteiger partial charge in [0.25, 0.3) is 0 Å². The van der Waals surface area contributed by atoms with E-state index in [1.165, 1.54) is 0 Å². The van der Waals surface area contributed by atoms with Crippen LogP contribution in [0.3, 0.4) is 0 Å².